The molecule has 3 N–H and O–H groups in total. The van der Waals surface area contributed by atoms with Crippen LogP contribution in [0.25, 0.3) is 0 Å². The van der Waals surface area contributed by atoms with Crippen molar-refractivity contribution in [3.63, 3.8) is 0 Å². The van der Waals surface area contributed by atoms with E-state index < -0.39 is 0 Å². The highest BCUT2D eigenvalue weighted by Gasteiger charge is 2.31. The number of fused-ring (bicyclic) bond motifs is 1. The molecule has 2 aliphatic rings. The van der Waals surface area contributed by atoms with Gasteiger partial charge in [-0.2, -0.15) is 0 Å². The summed E-state index contributed by atoms with van der Waals surface area (Å²) in [6.07, 6.45) is 4.82. The van der Waals surface area contributed by atoms with Gasteiger partial charge in [-0.1, -0.05) is 0 Å². The third kappa shape index (κ3) is 2.07. The predicted octanol–water partition coefficient (Wildman–Crippen LogP) is -0.312. The first-order valence-electron chi connectivity index (χ1n) is 5.53. The third-order valence-corrected chi connectivity index (χ3v) is 3.37. The fourth-order valence-electron chi connectivity index (χ4n) is 2.64. The Morgan fingerprint density at radius 3 is 3.07 bits per heavy atom. The van der Waals surface area contributed by atoms with Gasteiger partial charge in [-0.15, -0.1) is 0 Å². The lowest BCUT2D eigenvalue weighted by molar-refractivity contribution is -0.120. The molecule has 0 saturated carbocycles. The molecule has 0 bridgehead atoms. The summed E-state index contributed by atoms with van der Waals surface area (Å²) in [6.45, 7) is 2.51. The smallest absolute Gasteiger partial charge is 0.233 e. The van der Waals surface area contributed by atoms with Crippen molar-refractivity contribution in [1.29, 1.82) is 0 Å². The average molecular weight is 197 g/mol. The Bertz CT molecular complexity index is 219. The molecule has 0 spiro atoms. The maximum atomic E-state index is 11.1. The van der Waals surface area contributed by atoms with Gasteiger partial charge >= 0.3 is 0 Å². The summed E-state index contributed by atoms with van der Waals surface area (Å²) < 4.78 is 0. The second-order valence-electron chi connectivity index (χ2n) is 4.32. The first-order chi connectivity index (χ1) is 6.79. The minimum absolute atomic E-state index is 0.0125. The molecule has 14 heavy (non-hydrogen) atoms. The van der Waals surface area contributed by atoms with E-state index in [9.17, 15) is 4.79 Å². The quantitative estimate of drug-likeness (QED) is 0.638. The van der Waals surface area contributed by atoms with Crippen molar-refractivity contribution in [2.45, 2.75) is 37.8 Å². The summed E-state index contributed by atoms with van der Waals surface area (Å²) in [5.41, 5.74) is 5.27. The summed E-state index contributed by atoms with van der Waals surface area (Å²) in [5, 5.41) is 2.99. The highest BCUT2D eigenvalue weighted by atomic mass is 16.1. The molecule has 0 aliphatic carbocycles. The molecule has 2 unspecified atom stereocenters. The van der Waals surface area contributed by atoms with Crippen LogP contribution in [0.5, 0.6) is 0 Å². The van der Waals surface area contributed by atoms with Crippen LogP contribution in [0.2, 0.25) is 0 Å². The molecular weight excluding hydrogens is 178 g/mol. The predicted molar refractivity (Wildman–Crippen MR) is 54.8 cm³/mol. The topological polar surface area (TPSA) is 58.4 Å². The second-order valence-corrected chi connectivity index (χ2v) is 4.32. The van der Waals surface area contributed by atoms with Crippen molar-refractivity contribution in [3.05, 3.63) is 0 Å². The lowest BCUT2D eigenvalue weighted by atomic mass is 9.97. The van der Waals surface area contributed by atoms with Crippen molar-refractivity contribution in [2.24, 2.45) is 5.73 Å². The van der Waals surface area contributed by atoms with E-state index in [-0.39, 0.29) is 12.5 Å². The first kappa shape index (κ1) is 9.93. The Kier molecular flexibility index (Phi) is 3.03. The molecule has 0 aromatic rings. The van der Waals surface area contributed by atoms with Crippen molar-refractivity contribution in [2.75, 3.05) is 19.6 Å². The Balaban J connectivity index is 1.82. The van der Waals surface area contributed by atoms with E-state index in [1.807, 2.05) is 0 Å². The third-order valence-electron chi connectivity index (χ3n) is 3.37. The van der Waals surface area contributed by atoms with Gasteiger partial charge in [0.1, 0.15) is 0 Å². The summed E-state index contributed by atoms with van der Waals surface area (Å²) in [6, 6.07) is 1.08. The molecule has 80 valence electrons. The zero-order valence-corrected chi connectivity index (χ0v) is 8.54. The van der Waals surface area contributed by atoms with Gasteiger partial charge in [0.15, 0.2) is 0 Å². The number of piperidine rings is 1. The summed E-state index contributed by atoms with van der Waals surface area (Å²) >= 11 is 0. The van der Waals surface area contributed by atoms with Gasteiger partial charge in [-0.3, -0.25) is 4.79 Å². The highest BCUT2D eigenvalue weighted by Crippen LogP contribution is 2.26. The number of nitrogens with two attached hydrogens (primary N) is 1. The van der Waals surface area contributed by atoms with Gasteiger partial charge in [0.2, 0.25) is 5.91 Å². The van der Waals surface area contributed by atoms with Gasteiger partial charge < -0.3 is 16.0 Å². The van der Waals surface area contributed by atoms with Gasteiger partial charge in [-0.05, 0) is 32.2 Å². The van der Waals surface area contributed by atoms with E-state index in [2.05, 4.69) is 10.2 Å². The van der Waals surface area contributed by atoms with E-state index in [0.717, 1.165) is 19.4 Å². The largest absolute Gasteiger partial charge is 0.352 e. The fourth-order valence-corrected chi connectivity index (χ4v) is 2.64. The number of nitrogens with one attached hydrogen (secondary N) is 1. The zero-order chi connectivity index (χ0) is 9.97. The normalized spacial score (nSPS) is 32.6. The molecule has 0 aromatic heterocycles. The summed E-state index contributed by atoms with van der Waals surface area (Å²) in [5.74, 6) is -0.0125. The maximum absolute atomic E-state index is 11.1. The zero-order valence-electron chi connectivity index (χ0n) is 8.54. The van der Waals surface area contributed by atoms with Crippen LogP contribution in [0.3, 0.4) is 0 Å². The number of carbonyl (C=O) groups is 1. The lowest BCUT2D eigenvalue weighted by Gasteiger charge is -2.35. The Labute approximate surface area is 84.8 Å². The van der Waals surface area contributed by atoms with Crippen molar-refractivity contribution < 1.29 is 4.79 Å². The van der Waals surface area contributed by atoms with Gasteiger partial charge in [-0.25, -0.2) is 0 Å². The molecule has 4 nitrogen and oxygen atoms in total. The van der Waals surface area contributed by atoms with E-state index in [1.165, 1.54) is 19.4 Å². The van der Waals surface area contributed by atoms with Crippen molar-refractivity contribution in [3.8, 4) is 0 Å². The SMILES string of the molecule is NCC(=O)NC1CCN2CCCC2C1. The molecular formula is C10H19N3O. The van der Waals surface area contributed by atoms with E-state index in [1.54, 1.807) is 0 Å². The summed E-state index contributed by atoms with van der Waals surface area (Å²) in [4.78, 5) is 13.7. The first-order valence-corrected chi connectivity index (χ1v) is 5.53. The number of carbonyl (C=O) groups excluding carboxylic acids is 1. The number of hydrogen-bond acceptors (Lipinski definition) is 3. The molecule has 2 saturated heterocycles. The molecule has 2 heterocycles. The van der Waals surface area contributed by atoms with Crippen LogP contribution in [0.4, 0.5) is 0 Å². The second kappa shape index (κ2) is 4.28. The number of hydrogen-bond donors (Lipinski definition) is 2. The Hall–Kier alpha value is -0.610. The summed E-state index contributed by atoms with van der Waals surface area (Å²) in [7, 11) is 0. The lowest BCUT2D eigenvalue weighted by Crippen LogP contribution is -2.48. The van der Waals surface area contributed by atoms with Crippen LogP contribution in [-0.4, -0.2) is 42.5 Å². The van der Waals surface area contributed by atoms with Crippen LogP contribution in [0.1, 0.15) is 25.7 Å². The van der Waals surface area contributed by atoms with Crippen LogP contribution in [-0.2, 0) is 4.79 Å². The van der Waals surface area contributed by atoms with Crippen LogP contribution in [0, 0.1) is 0 Å². The van der Waals surface area contributed by atoms with Crippen LogP contribution >= 0.6 is 0 Å². The van der Waals surface area contributed by atoms with Crippen molar-refractivity contribution >= 4 is 5.91 Å². The molecule has 1 amide bonds. The molecule has 2 rings (SSSR count). The number of rotatable bonds is 2. The molecule has 2 fully saturated rings. The fraction of sp³-hybridized carbons (Fsp3) is 0.900. The minimum atomic E-state index is -0.0125. The molecule has 2 atom stereocenters. The van der Waals surface area contributed by atoms with E-state index in [0.29, 0.717) is 12.1 Å². The Morgan fingerprint density at radius 1 is 1.43 bits per heavy atom. The molecule has 0 radical (unpaired) electrons. The highest BCUT2D eigenvalue weighted by molar-refractivity contribution is 5.78. The van der Waals surface area contributed by atoms with Gasteiger partial charge in [0.25, 0.3) is 0 Å². The molecule has 4 heteroatoms. The molecule has 0 aromatic carbocycles. The van der Waals surface area contributed by atoms with Gasteiger partial charge in [0.05, 0.1) is 6.54 Å². The maximum Gasteiger partial charge on any atom is 0.233 e. The number of nitrogens with zero attached hydrogens (tertiary/aromatic N) is 1. The van der Waals surface area contributed by atoms with E-state index >= 15 is 0 Å². The average Bonchev–Trinajstić information content (AvgIpc) is 2.64. The van der Waals surface area contributed by atoms with Gasteiger partial charge in [0, 0.05) is 18.6 Å². The van der Waals surface area contributed by atoms with Crippen molar-refractivity contribution in [1.82, 2.24) is 10.2 Å². The minimum Gasteiger partial charge on any atom is -0.352 e. The van der Waals surface area contributed by atoms with Crippen LogP contribution < -0.4 is 11.1 Å². The standard InChI is InChI=1S/C10H19N3O/c11-7-10(14)12-8-3-5-13-4-1-2-9(13)6-8/h8-9H,1-7,11H2,(H,12,14). The van der Waals surface area contributed by atoms with Crippen LogP contribution in [0.15, 0.2) is 0 Å². The number of amides is 1. The van der Waals surface area contributed by atoms with E-state index in [4.69, 9.17) is 5.73 Å². The monoisotopic (exact) mass is 197 g/mol. The Morgan fingerprint density at radius 2 is 2.29 bits per heavy atom. The molecule has 2 aliphatic heterocycles.